The number of aliphatic hydroxyl groups excluding tert-OH is 4. The van der Waals surface area contributed by atoms with E-state index in [9.17, 15) is 25.2 Å². The number of rotatable bonds is 54. The van der Waals surface area contributed by atoms with Gasteiger partial charge in [0.15, 0.2) is 0 Å². The van der Waals surface area contributed by atoms with Crippen molar-refractivity contribution in [2.45, 2.75) is 334 Å². The van der Waals surface area contributed by atoms with E-state index in [0.29, 0.717) is 19.3 Å². The molecule has 0 heterocycles. The number of unbranched alkanes of at least 4 members (excludes halogenated alkanes) is 39. The molecule has 390 valence electrons. The van der Waals surface area contributed by atoms with E-state index in [1.54, 1.807) is 0 Å². The zero-order valence-corrected chi connectivity index (χ0v) is 44.2. The molecule has 0 aromatic rings. The highest BCUT2D eigenvalue weighted by Gasteiger charge is 2.28. The molecule has 4 unspecified atom stereocenters. The van der Waals surface area contributed by atoms with E-state index < -0.39 is 36.9 Å². The van der Waals surface area contributed by atoms with Crippen molar-refractivity contribution in [2.24, 2.45) is 0 Å². The largest absolute Gasteiger partial charge is 0.394 e. The lowest BCUT2D eigenvalue weighted by molar-refractivity contribution is -0.132. The summed E-state index contributed by atoms with van der Waals surface area (Å²) in [5.41, 5.74) is 0. The van der Waals surface area contributed by atoms with Gasteiger partial charge < -0.3 is 25.7 Å². The van der Waals surface area contributed by atoms with Crippen molar-refractivity contribution in [3.63, 3.8) is 0 Å². The van der Waals surface area contributed by atoms with Gasteiger partial charge in [-0.1, -0.05) is 281 Å². The van der Waals surface area contributed by atoms with Crippen LogP contribution in [-0.4, -0.2) is 57.3 Å². The summed E-state index contributed by atoms with van der Waals surface area (Å²) in [7, 11) is 0. The summed E-state index contributed by atoms with van der Waals surface area (Å²) in [5.74, 6) is -0.594. The van der Waals surface area contributed by atoms with Gasteiger partial charge in [-0.25, -0.2) is 0 Å². The van der Waals surface area contributed by atoms with Gasteiger partial charge in [0, 0.05) is 0 Å². The zero-order valence-electron chi connectivity index (χ0n) is 44.2. The Morgan fingerprint density at radius 2 is 0.636 bits per heavy atom. The van der Waals surface area contributed by atoms with Crippen molar-refractivity contribution in [2.75, 3.05) is 6.61 Å². The topological polar surface area (TPSA) is 110 Å². The molecule has 6 heteroatoms. The Morgan fingerprint density at radius 1 is 0.364 bits per heavy atom. The van der Waals surface area contributed by atoms with Crippen LogP contribution in [0.25, 0.3) is 0 Å². The first-order chi connectivity index (χ1) is 32.5. The molecule has 4 atom stereocenters. The van der Waals surface area contributed by atoms with Gasteiger partial charge in [-0.3, -0.25) is 4.79 Å². The quantitative estimate of drug-likeness (QED) is 0.0308. The zero-order chi connectivity index (χ0) is 48.1. The highest BCUT2D eigenvalue weighted by molar-refractivity contribution is 5.80. The Hall–Kier alpha value is -1.47. The number of hydrogen-bond donors (Lipinski definition) is 5. The van der Waals surface area contributed by atoms with E-state index in [0.717, 1.165) is 51.4 Å². The third-order valence-corrected chi connectivity index (χ3v) is 13.8. The van der Waals surface area contributed by atoms with Crippen LogP contribution in [0.3, 0.4) is 0 Å². The minimum atomic E-state index is -1.29. The molecule has 0 bridgehead atoms. The lowest BCUT2D eigenvalue weighted by atomic mass is 10.00. The molecule has 0 aliphatic heterocycles. The molecule has 0 spiro atoms. The number of carbonyl (C=O) groups is 1. The Balaban J connectivity index is 3.68. The van der Waals surface area contributed by atoms with Crippen LogP contribution in [0.4, 0.5) is 0 Å². The number of allylic oxidation sites excluding steroid dienone is 6. The van der Waals surface area contributed by atoms with Crippen molar-refractivity contribution < 1.29 is 25.2 Å². The van der Waals surface area contributed by atoms with Crippen LogP contribution in [0, 0.1) is 0 Å². The first-order valence-corrected chi connectivity index (χ1v) is 29.4. The standard InChI is InChI=1S/C60H115NO5/c1-3-5-7-9-11-13-15-17-19-21-23-25-27-29-30-32-33-35-37-39-41-43-45-47-49-51-53-57(63)59(65)56(55-62)61-60(66)58(64)54-52-50-48-46-44-42-40-38-36-34-31-28-26-24-22-20-18-16-14-12-10-8-6-4-2/h30,32,37,39,45,47,56-59,62-65H,3-29,31,33-36,38,40-44,46,48-55H2,1-2H3,(H,61,66)/b32-30+,39-37+,47-45+. The minimum absolute atomic E-state index is 0.362. The fourth-order valence-corrected chi connectivity index (χ4v) is 9.20. The van der Waals surface area contributed by atoms with Crippen LogP contribution in [0.1, 0.15) is 309 Å². The van der Waals surface area contributed by atoms with Crippen molar-refractivity contribution in [1.29, 1.82) is 0 Å². The molecule has 0 aromatic heterocycles. The van der Waals surface area contributed by atoms with Crippen LogP contribution in [0.2, 0.25) is 0 Å². The lowest BCUT2D eigenvalue weighted by Crippen LogP contribution is -2.53. The lowest BCUT2D eigenvalue weighted by Gasteiger charge is -2.27. The van der Waals surface area contributed by atoms with E-state index in [4.69, 9.17) is 0 Å². The second-order valence-corrected chi connectivity index (χ2v) is 20.3. The molecule has 0 aromatic carbocycles. The fourth-order valence-electron chi connectivity index (χ4n) is 9.20. The first-order valence-electron chi connectivity index (χ1n) is 29.4. The van der Waals surface area contributed by atoms with Gasteiger partial charge in [0.2, 0.25) is 5.91 Å². The van der Waals surface area contributed by atoms with Crippen molar-refractivity contribution in [3.8, 4) is 0 Å². The first kappa shape index (κ1) is 64.5. The summed E-state index contributed by atoms with van der Waals surface area (Å²) in [6, 6.07) is -1.01. The SMILES string of the molecule is CCCCCCCCCCCCCCC/C=C/CC/C=C/CC/C=C/CCCC(O)C(O)C(CO)NC(=O)C(O)CCCCCCCCCCCCCCCCCCCCCCCCCC. The average Bonchev–Trinajstić information content (AvgIpc) is 3.32. The normalized spacial score (nSPS) is 14.0. The maximum Gasteiger partial charge on any atom is 0.249 e. The number of nitrogens with one attached hydrogen (secondary N) is 1. The Morgan fingerprint density at radius 3 is 0.955 bits per heavy atom. The molecule has 0 radical (unpaired) electrons. The predicted octanol–water partition coefficient (Wildman–Crippen LogP) is 17.2. The molecular weight excluding hydrogens is 815 g/mol. The molecule has 1 amide bonds. The second kappa shape index (κ2) is 54.5. The Labute approximate surface area is 411 Å². The van der Waals surface area contributed by atoms with E-state index >= 15 is 0 Å². The molecule has 6 nitrogen and oxygen atoms in total. The molecule has 0 aliphatic rings. The second-order valence-electron chi connectivity index (χ2n) is 20.3. The number of carbonyl (C=O) groups excluding carboxylic acids is 1. The number of hydrogen-bond acceptors (Lipinski definition) is 5. The van der Waals surface area contributed by atoms with Gasteiger partial charge >= 0.3 is 0 Å². The van der Waals surface area contributed by atoms with Crippen LogP contribution < -0.4 is 5.32 Å². The van der Waals surface area contributed by atoms with Crippen LogP contribution in [-0.2, 0) is 4.79 Å². The molecule has 0 saturated carbocycles. The van der Waals surface area contributed by atoms with Gasteiger partial charge in [-0.05, 0) is 64.2 Å². The molecule has 0 aliphatic carbocycles. The van der Waals surface area contributed by atoms with E-state index in [1.165, 1.54) is 225 Å². The van der Waals surface area contributed by atoms with Gasteiger partial charge in [-0.15, -0.1) is 0 Å². The van der Waals surface area contributed by atoms with Crippen LogP contribution in [0.5, 0.6) is 0 Å². The summed E-state index contributed by atoms with van der Waals surface area (Å²) in [6.07, 6.45) is 67.9. The van der Waals surface area contributed by atoms with Gasteiger partial charge in [0.05, 0.1) is 18.8 Å². The van der Waals surface area contributed by atoms with Gasteiger partial charge in [0.1, 0.15) is 12.2 Å². The third kappa shape index (κ3) is 47.6. The van der Waals surface area contributed by atoms with Gasteiger partial charge in [0.25, 0.3) is 0 Å². The molecule has 0 fully saturated rings. The molecule has 0 rings (SSSR count). The van der Waals surface area contributed by atoms with E-state index in [1.807, 2.05) is 0 Å². The molecule has 0 saturated heterocycles. The summed E-state index contributed by atoms with van der Waals surface area (Å²) >= 11 is 0. The molecule has 66 heavy (non-hydrogen) atoms. The van der Waals surface area contributed by atoms with Crippen molar-refractivity contribution in [1.82, 2.24) is 5.32 Å². The van der Waals surface area contributed by atoms with Crippen LogP contribution in [0.15, 0.2) is 36.5 Å². The highest BCUT2D eigenvalue weighted by atomic mass is 16.3. The number of aliphatic hydroxyl groups is 4. The highest BCUT2D eigenvalue weighted by Crippen LogP contribution is 2.18. The number of amides is 1. The Kier molecular flexibility index (Phi) is 53.3. The monoisotopic (exact) mass is 930 g/mol. The summed E-state index contributed by atoms with van der Waals surface area (Å²) in [4.78, 5) is 12.6. The maximum absolute atomic E-state index is 12.6. The van der Waals surface area contributed by atoms with E-state index in [2.05, 4.69) is 55.6 Å². The summed E-state index contributed by atoms with van der Waals surface area (Å²) in [6.45, 7) is 4.08. The minimum Gasteiger partial charge on any atom is -0.394 e. The average molecular weight is 931 g/mol. The van der Waals surface area contributed by atoms with Crippen molar-refractivity contribution in [3.05, 3.63) is 36.5 Å². The van der Waals surface area contributed by atoms with Crippen molar-refractivity contribution >= 4 is 5.91 Å². The summed E-state index contributed by atoms with van der Waals surface area (Å²) in [5, 5.41) is 44.0. The van der Waals surface area contributed by atoms with Gasteiger partial charge in [-0.2, -0.15) is 0 Å². The molecule has 5 N–H and O–H groups in total. The third-order valence-electron chi connectivity index (χ3n) is 13.8. The Bertz CT molecular complexity index is 1040. The molecular formula is C60H115NO5. The van der Waals surface area contributed by atoms with Crippen LogP contribution >= 0.6 is 0 Å². The fraction of sp³-hybridized carbons (Fsp3) is 0.883. The van der Waals surface area contributed by atoms with E-state index in [-0.39, 0.29) is 0 Å². The maximum atomic E-state index is 12.6. The summed E-state index contributed by atoms with van der Waals surface area (Å²) < 4.78 is 0. The smallest absolute Gasteiger partial charge is 0.249 e. The predicted molar refractivity (Wildman–Crippen MR) is 288 cm³/mol.